The van der Waals surface area contributed by atoms with Gasteiger partial charge in [0, 0.05) is 10.6 Å². The van der Waals surface area contributed by atoms with Crippen molar-refractivity contribution in [1.29, 1.82) is 0 Å². The van der Waals surface area contributed by atoms with Crippen LogP contribution in [0.15, 0.2) is 54.6 Å². The highest BCUT2D eigenvalue weighted by molar-refractivity contribution is 6.31. The number of halogens is 1. The summed E-state index contributed by atoms with van der Waals surface area (Å²) >= 11 is 5.85. The number of allylic oxidation sites excluding steroid dienone is 1. The third-order valence-electron chi connectivity index (χ3n) is 2.89. The standard InChI is InChI=1S/C17H13ClO3/c1-21-17(20)15-8-3-2-5-12(15)9-10-16(19)13-6-4-7-14(18)11-13/h2-11H,1H3/b10-9+. The summed E-state index contributed by atoms with van der Waals surface area (Å²) in [5, 5.41) is 0.504. The number of carbonyl (C=O) groups excluding carboxylic acids is 2. The first-order valence-corrected chi connectivity index (χ1v) is 6.65. The molecule has 0 N–H and O–H groups in total. The van der Waals surface area contributed by atoms with Crippen LogP contribution in [-0.4, -0.2) is 18.9 Å². The van der Waals surface area contributed by atoms with E-state index in [4.69, 9.17) is 16.3 Å². The van der Waals surface area contributed by atoms with E-state index in [0.29, 0.717) is 21.7 Å². The molecule has 0 fully saturated rings. The molecular formula is C17H13ClO3. The lowest BCUT2D eigenvalue weighted by Gasteiger charge is -2.03. The lowest BCUT2D eigenvalue weighted by Crippen LogP contribution is -2.03. The van der Waals surface area contributed by atoms with Crippen LogP contribution in [0.2, 0.25) is 5.02 Å². The number of carbonyl (C=O) groups is 2. The highest BCUT2D eigenvalue weighted by atomic mass is 35.5. The number of hydrogen-bond acceptors (Lipinski definition) is 3. The van der Waals surface area contributed by atoms with E-state index >= 15 is 0 Å². The second kappa shape index (κ2) is 6.86. The first-order valence-electron chi connectivity index (χ1n) is 6.27. The Kier molecular flexibility index (Phi) is 4.90. The minimum Gasteiger partial charge on any atom is -0.465 e. The molecule has 0 unspecified atom stereocenters. The van der Waals surface area contributed by atoms with Gasteiger partial charge in [0.25, 0.3) is 0 Å². The molecule has 21 heavy (non-hydrogen) atoms. The number of hydrogen-bond donors (Lipinski definition) is 0. The van der Waals surface area contributed by atoms with Crippen molar-refractivity contribution in [2.45, 2.75) is 0 Å². The van der Waals surface area contributed by atoms with Gasteiger partial charge in [0.2, 0.25) is 0 Å². The number of ketones is 1. The van der Waals surface area contributed by atoms with Gasteiger partial charge in [0.05, 0.1) is 12.7 Å². The van der Waals surface area contributed by atoms with Crippen LogP contribution in [0.1, 0.15) is 26.3 Å². The molecule has 0 saturated carbocycles. The molecule has 2 rings (SSSR count). The van der Waals surface area contributed by atoms with Gasteiger partial charge in [0.15, 0.2) is 5.78 Å². The van der Waals surface area contributed by atoms with E-state index in [1.54, 1.807) is 54.6 Å². The van der Waals surface area contributed by atoms with E-state index in [2.05, 4.69) is 0 Å². The second-order valence-electron chi connectivity index (χ2n) is 4.29. The number of ether oxygens (including phenoxy) is 1. The fourth-order valence-electron chi connectivity index (χ4n) is 1.84. The number of rotatable bonds is 4. The van der Waals surface area contributed by atoms with E-state index in [0.717, 1.165) is 0 Å². The predicted octanol–water partition coefficient (Wildman–Crippen LogP) is 4.02. The van der Waals surface area contributed by atoms with Crippen molar-refractivity contribution in [3.8, 4) is 0 Å². The van der Waals surface area contributed by atoms with Crippen LogP contribution in [0.4, 0.5) is 0 Å². The largest absolute Gasteiger partial charge is 0.465 e. The highest BCUT2D eigenvalue weighted by Gasteiger charge is 2.09. The molecule has 0 spiro atoms. The van der Waals surface area contributed by atoms with Crippen molar-refractivity contribution in [3.63, 3.8) is 0 Å². The van der Waals surface area contributed by atoms with Crippen LogP contribution in [-0.2, 0) is 4.74 Å². The zero-order valence-electron chi connectivity index (χ0n) is 11.4. The molecule has 0 bridgehead atoms. The van der Waals surface area contributed by atoms with Crippen LogP contribution >= 0.6 is 11.6 Å². The van der Waals surface area contributed by atoms with Crippen molar-refractivity contribution in [2.24, 2.45) is 0 Å². The Morgan fingerprint density at radius 2 is 1.86 bits per heavy atom. The maximum atomic E-state index is 12.1. The van der Waals surface area contributed by atoms with Crippen molar-refractivity contribution < 1.29 is 14.3 Å². The van der Waals surface area contributed by atoms with Crippen LogP contribution in [0.25, 0.3) is 6.08 Å². The molecule has 4 heteroatoms. The average Bonchev–Trinajstić information content (AvgIpc) is 2.52. The monoisotopic (exact) mass is 300 g/mol. The van der Waals surface area contributed by atoms with Gasteiger partial charge < -0.3 is 4.74 Å². The summed E-state index contributed by atoms with van der Waals surface area (Å²) in [7, 11) is 1.32. The molecule has 3 nitrogen and oxygen atoms in total. The average molecular weight is 301 g/mol. The SMILES string of the molecule is COC(=O)c1ccccc1/C=C/C(=O)c1cccc(Cl)c1. The summed E-state index contributed by atoms with van der Waals surface area (Å²) in [6.07, 6.45) is 3.00. The Labute approximate surface area is 127 Å². The zero-order chi connectivity index (χ0) is 15.2. The lowest BCUT2D eigenvalue weighted by atomic mass is 10.1. The molecule has 0 aromatic heterocycles. The zero-order valence-corrected chi connectivity index (χ0v) is 12.1. The Morgan fingerprint density at radius 1 is 1.10 bits per heavy atom. The molecule has 0 heterocycles. The maximum Gasteiger partial charge on any atom is 0.338 e. The van der Waals surface area contributed by atoms with E-state index in [-0.39, 0.29) is 5.78 Å². The topological polar surface area (TPSA) is 43.4 Å². The number of esters is 1. The van der Waals surface area contributed by atoms with Gasteiger partial charge in [0.1, 0.15) is 0 Å². The first-order chi connectivity index (χ1) is 10.1. The van der Waals surface area contributed by atoms with Gasteiger partial charge >= 0.3 is 5.97 Å². The molecule has 0 atom stereocenters. The van der Waals surface area contributed by atoms with Crippen LogP contribution < -0.4 is 0 Å². The number of benzene rings is 2. The van der Waals surface area contributed by atoms with Gasteiger partial charge in [-0.05, 0) is 29.8 Å². The van der Waals surface area contributed by atoms with Gasteiger partial charge in [-0.25, -0.2) is 4.79 Å². The van der Waals surface area contributed by atoms with Crippen LogP contribution in [0, 0.1) is 0 Å². The fraction of sp³-hybridized carbons (Fsp3) is 0.0588. The summed E-state index contributed by atoms with van der Waals surface area (Å²) in [5.41, 5.74) is 1.53. The van der Waals surface area contributed by atoms with Crippen molar-refractivity contribution in [2.75, 3.05) is 7.11 Å². The quantitative estimate of drug-likeness (QED) is 0.486. The molecule has 2 aromatic rings. The molecule has 0 aliphatic heterocycles. The Hall–Kier alpha value is -2.39. The molecule has 0 amide bonds. The third-order valence-corrected chi connectivity index (χ3v) is 3.12. The molecule has 2 aromatic carbocycles. The molecule has 0 radical (unpaired) electrons. The molecule has 0 saturated heterocycles. The summed E-state index contributed by atoms with van der Waals surface area (Å²) in [5.74, 6) is -0.623. The number of methoxy groups -OCH3 is 1. The predicted molar refractivity (Wildman–Crippen MR) is 82.6 cm³/mol. The molecular weight excluding hydrogens is 288 g/mol. The van der Waals surface area contributed by atoms with E-state index < -0.39 is 5.97 Å². The Bertz CT molecular complexity index is 705. The maximum absolute atomic E-state index is 12.1. The fourth-order valence-corrected chi connectivity index (χ4v) is 2.03. The van der Waals surface area contributed by atoms with E-state index in [1.807, 2.05) is 0 Å². The summed E-state index contributed by atoms with van der Waals surface area (Å²) < 4.78 is 4.71. The minimum atomic E-state index is -0.439. The smallest absolute Gasteiger partial charge is 0.338 e. The highest BCUT2D eigenvalue weighted by Crippen LogP contribution is 2.15. The lowest BCUT2D eigenvalue weighted by molar-refractivity contribution is 0.0600. The third kappa shape index (κ3) is 3.80. The van der Waals surface area contributed by atoms with Crippen molar-refractivity contribution in [1.82, 2.24) is 0 Å². The van der Waals surface area contributed by atoms with Gasteiger partial charge in [-0.15, -0.1) is 0 Å². The Morgan fingerprint density at radius 3 is 2.57 bits per heavy atom. The van der Waals surface area contributed by atoms with Gasteiger partial charge in [-0.3, -0.25) is 4.79 Å². The summed E-state index contributed by atoms with van der Waals surface area (Å²) in [4.78, 5) is 23.7. The summed E-state index contributed by atoms with van der Waals surface area (Å²) in [6.45, 7) is 0. The molecule has 0 aliphatic carbocycles. The van der Waals surface area contributed by atoms with Crippen LogP contribution in [0.5, 0.6) is 0 Å². The molecule has 0 aliphatic rings. The van der Waals surface area contributed by atoms with Crippen molar-refractivity contribution >= 4 is 29.4 Å². The van der Waals surface area contributed by atoms with E-state index in [9.17, 15) is 9.59 Å². The van der Waals surface area contributed by atoms with E-state index in [1.165, 1.54) is 13.2 Å². The molecule has 106 valence electrons. The second-order valence-corrected chi connectivity index (χ2v) is 4.72. The minimum absolute atomic E-state index is 0.183. The van der Waals surface area contributed by atoms with Crippen LogP contribution in [0.3, 0.4) is 0 Å². The van der Waals surface area contributed by atoms with Crippen molar-refractivity contribution in [3.05, 3.63) is 76.3 Å². The summed E-state index contributed by atoms with van der Waals surface area (Å²) in [6, 6.07) is 13.6. The van der Waals surface area contributed by atoms with Gasteiger partial charge in [-0.1, -0.05) is 48.0 Å². The first kappa shape index (κ1) is 15.0. The van der Waals surface area contributed by atoms with Gasteiger partial charge in [-0.2, -0.15) is 0 Å². The Balaban J connectivity index is 2.26. The normalized spacial score (nSPS) is 10.6.